The zero-order valence-electron chi connectivity index (χ0n) is 12.3. The molecule has 0 heterocycles. The molecule has 1 aromatic carbocycles. The lowest BCUT2D eigenvalue weighted by molar-refractivity contribution is 0.152. The molecule has 2 nitrogen and oxygen atoms in total. The maximum Gasteiger partial charge on any atom is 0.0237 e. The fourth-order valence-corrected chi connectivity index (χ4v) is 2.39. The van der Waals surface area contributed by atoms with E-state index in [1.807, 2.05) is 0 Å². The molecule has 0 aromatic heterocycles. The molecule has 2 N–H and O–H groups in total. The van der Waals surface area contributed by atoms with E-state index in [1.54, 1.807) is 0 Å². The van der Waals surface area contributed by atoms with E-state index in [4.69, 9.17) is 5.73 Å². The second-order valence-electron chi connectivity index (χ2n) is 6.20. The van der Waals surface area contributed by atoms with Crippen LogP contribution in [0, 0.1) is 5.41 Å². The molecule has 1 aromatic rings. The van der Waals surface area contributed by atoms with E-state index in [2.05, 4.69) is 62.9 Å². The topological polar surface area (TPSA) is 29.3 Å². The van der Waals surface area contributed by atoms with Crippen LogP contribution in [0.3, 0.4) is 0 Å². The molecule has 0 radical (unpaired) electrons. The van der Waals surface area contributed by atoms with Crippen molar-refractivity contribution >= 4 is 0 Å². The Morgan fingerprint density at radius 3 is 2.22 bits per heavy atom. The largest absolute Gasteiger partial charge is 0.329 e. The van der Waals surface area contributed by atoms with Crippen LogP contribution >= 0.6 is 0 Å². The summed E-state index contributed by atoms with van der Waals surface area (Å²) in [5.41, 5.74) is 7.66. The molecule has 0 saturated carbocycles. The van der Waals surface area contributed by atoms with Gasteiger partial charge in [0.25, 0.3) is 0 Å². The number of hydrogen-bond acceptors (Lipinski definition) is 2. The number of rotatable bonds is 6. The van der Waals surface area contributed by atoms with Gasteiger partial charge in [-0.3, -0.25) is 4.90 Å². The van der Waals surface area contributed by atoms with Crippen molar-refractivity contribution in [3.63, 3.8) is 0 Å². The average Bonchev–Trinajstić information content (AvgIpc) is 2.33. The third-order valence-corrected chi connectivity index (χ3v) is 3.27. The van der Waals surface area contributed by atoms with Crippen molar-refractivity contribution in [2.45, 2.75) is 46.7 Å². The highest BCUT2D eigenvalue weighted by atomic mass is 15.2. The smallest absolute Gasteiger partial charge is 0.0237 e. The summed E-state index contributed by atoms with van der Waals surface area (Å²) in [4.78, 5) is 2.49. The molecule has 0 fully saturated rings. The molecule has 0 aliphatic rings. The monoisotopic (exact) mass is 248 g/mol. The van der Waals surface area contributed by atoms with Gasteiger partial charge in [0.2, 0.25) is 0 Å². The molecule has 0 aliphatic carbocycles. The Kier molecular flexibility index (Phi) is 5.83. The first-order valence-electron chi connectivity index (χ1n) is 6.94. The van der Waals surface area contributed by atoms with Crippen LogP contribution in [-0.4, -0.2) is 24.0 Å². The van der Waals surface area contributed by atoms with Gasteiger partial charge in [0.1, 0.15) is 0 Å². The van der Waals surface area contributed by atoms with Crippen LogP contribution in [0.2, 0.25) is 0 Å². The molecule has 1 atom stereocenters. The SMILES string of the molecule is CCN(Cc1ccccc1)C(CN)CC(C)(C)C. The molecule has 1 rings (SSSR count). The number of hydrogen-bond donors (Lipinski definition) is 1. The summed E-state index contributed by atoms with van der Waals surface area (Å²) in [6.07, 6.45) is 1.14. The second-order valence-corrected chi connectivity index (χ2v) is 6.20. The van der Waals surface area contributed by atoms with Gasteiger partial charge in [-0.25, -0.2) is 0 Å². The molecule has 2 heteroatoms. The summed E-state index contributed by atoms with van der Waals surface area (Å²) in [6, 6.07) is 11.1. The minimum Gasteiger partial charge on any atom is -0.329 e. The van der Waals surface area contributed by atoms with Crippen molar-refractivity contribution in [3.05, 3.63) is 35.9 Å². The minimum atomic E-state index is 0.328. The van der Waals surface area contributed by atoms with Crippen molar-refractivity contribution in [2.75, 3.05) is 13.1 Å². The fraction of sp³-hybridized carbons (Fsp3) is 0.625. The number of likely N-dealkylation sites (N-methyl/N-ethyl adjacent to an activating group) is 1. The quantitative estimate of drug-likeness (QED) is 0.837. The molecule has 0 amide bonds. The first-order chi connectivity index (χ1) is 8.46. The lowest BCUT2D eigenvalue weighted by Gasteiger charge is -2.34. The van der Waals surface area contributed by atoms with Gasteiger partial charge in [0, 0.05) is 19.1 Å². The molecule has 0 saturated heterocycles. The lowest BCUT2D eigenvalue weighted by atomic mass is 9.87. The summed E-state index contributed by atoms with van der Waals surface area (Å²) in [7, 11) is 0. The van der Waals surface area contributed by atoms with Crippen molar-refractivity contribution in [2.24, 2.45) is 11.1 Å². The first kappa shape index (κ1) is 15.2. The van der Waals surface area contributed by atoms with Crippen molar-refractivity contribution in [1.29, 1.82) is 0 Å². The number of nitrogens with zero attached hydrogens (tertiary/aromatic N) is 1. The fourth-order valence-electron chi connectivity index (χ4n) is 2.39. The van der Waals surface area contributed by atoms with Crippen LogP contribution in [0.4, 0.5) is 0 Å². The Morgan fingerprint density at radius 2 is 1.78 bits per heavy atom. The lowest BCUT2D eigenvalue weighted by Crippen LogP contribution is -2.42. The molecular formula is C16H28N2. The van der Waals surface area contributed by atoms with E-state index in [-0.39, 0.29) is 0 Å². The van der Waals surface area contributed by atoms with Gasteiger partial charge in [0.15, 0.2) is 0 Å². The second kappa shape index (κ2) is 6.91. The maximum atomic E-state index is 5.97. The molecule has 1 unspecified atom stereocenters. The van der Waals surface area contributed by atoms with Gasteiger partial charge in [-0.1, -0.05) is 58.0 Å². The number of benzene rings is 1. The Hall–Kier alpha value is -0.860. The van der Waals surface area contributed by atoms with Gasteiger partial charge in [-0.15, -0.1) is 0 Å². The Morgan fingerprint density at radius 1 is 1.17 bits per heavy atom. The Bertz CT molecular complexity index is 327. The number of nitrogens with two attached hydrogens (primary N) is 1. The highest BCUT2D eigenvalue weighted by molar-refractivity contribution is 5.14. The summed E-state index contributed by atoms with van der Waals surface area (Å²) in [5.74, 6) is 0. The predicted molar refractivity (Wildman–Crippen MR) is 79.4 cm³/mol. The Labute approximate surface area is 112 Å². The zero-order chi connectivity index (χ0) is 13.6. The van der Waals surface area contributed by atoms with Gasteiger partial charge < -0.3 is 5.73 Å². The van der Waals surface area contributed by atoms with E-state index < -0.39 is 0 Å². The normalized spacial score (nSPS) is 13.9. The predicted octanol–water partition coefficient (Wildman–Crippen LogP) is 3.27. The molecule has 0 aliphatic heterocycles. The van der Waals surface area contributed by atoms with E-state index >= 15 is 0 Å². The summed E-state index contributed by atoms with van der Waals surface area (Å²) >= 11 is 0. The van der Waals surface area contributed by atoms with Crippen molar-refractivity contribution in [1.82, 2.24) is 4.90 Å². The van der Waals surface area contributed by atoms with Crippen LogP contribution < -0.4 is 5.73 Å². The van der Waals surface area contributed by atoms with Crippen molar-refractivity contribution < 1.29 is 0 Å². The van der Waals surface area contributed by atoms with E-state index in [1.165, 1.54) is 5.56 Å². The molecule has 18 heavy (non-hydrogen) atoms. The third-order valence-electron chi connectivity index (χ3n) is 3.27. The van der Waals surface area contributed by atoms with Crippen LogP contribution in [0.25, 0.3) is 0 Å². The van der Waals surface area contributed by atoms with E-state index in [0.29, 0.717) is 11.5 Å². The van der Waals surface area contributed by atoms with Gasteiger partial charge >= 0.3 is 0 Å². The maximum absolute atomic E-state index is 5.97. The summed E-state index contributed by atoms with van der Waals surface area (Å²) in [5, 5.41) is 0. The van der Waals surface area contributed by atoms with Crippen LogP contribution in [0.5, 0.6) is 0 Å². The van der Waals surface area contributed by atoms with Crippen LogP contribution in [0.1, 0.15) is 39.7 Å². The van der Waals surface area contributed by atoms with E-state index in [0.717, 1.165) is 26.1 Å². The van der Waals surface area contributed by atoms with Gasteiger partial charge in [-0.05, 0) is 23.9 Å². The first-order valence-corrected chi connectivity index (χ1v) is 6.94. The van der Waals surface area contributed by atoms with Crippen molar-refractivity contribution in [3.8, 4) is 0 Å². The average molecular weight is 248 g/mol. The highest BCUT2D eigenvalue weighted by Crippen LogP contribution is 2.24. The van der Waals surface area contributed by atoms with E-state index in [9.17, 15) is 0 Å². The standard InChI is InChI=1S/C16H28N2/c1-5-18(13-14-9-7-6-8-10-14)15(12-17)11-16(2,3)4/h6-10,15H,5,11-13,17H2,1-4H3. The molecule has 102 valence electrons. The molecular weight excluding hydrogens is 220 g/mol. The third kappa shape index (κ3) is 5.19. The summed E-state index contributed by atoms with van der Waals surface area (Å²) < 4.78 is 0. The highest BCUT2D eigenvalue weighted by Gasteiger charge is 2.22. The molecule has 0 bridgehead atoms. The van der Waals surface area contributed by atoms with Crippen LogP contribution in [-0.2, 0) is 6.54 Å². The Balaban J connectivity index is 2.69. The van der Waals surface area contributed by atoms with Gasteiger partial charge in [0.05, 0.1) is 0 Å². The molecule has 0 spiro atoms. The zero-order valence-corrected chi connectivity index (χ0v) is 12.3. The van der Waals surface area contributed by atoms with Gasteiger partial charge in [-0.2, -0.15) is 0 Å². The summed E-state index contributed by atoms with van der Waals surface area (Å²) in [6.45, 7) is 11.8. The van der Waals surface area contributed by atoms with Crippen LogP contribution in [0.15, 0.2) is 30.3 Å². The minimum absolute atomic E-state index is 0.328.